The van der Waals surface area contributed by atoms with E-state index in [2.05, 4.69) is 9.98 Å². The number of ether oxygens (including phenoxy) is 1. The van der Waals surface area contributed by atoms with Crippen molar-refractivity contribution in [2.24, 2.45) is 4.99 Å². The molecule has 6 nitrogen and oxygen atoms in total. The van der Waals surface area contributed by atoms with Crippen LogP contribution in [0.2, 0.25) is 0 Å². The number of nitriles is 1. The van der Waals surface area contributed by atoms with Crippen LogP contribution in [0.4, 0.5) is 0 Å². The van der Waals surface area contributed by atoms with Gasteiger partial charge in [0.15, 0.2) is 11.5 Å². The summed E-state index contributed by atoms with van der Waals surface area (Å²) in [6, 6.07) is 12.4. The van der Waals surface area contributed by atoms with Gasteiger partial charge in [-0.05, 0) is 12.1 Å². The standard InChI is InChI=1S/C18H13N3O3S/c1-24-17-14(22)7-12(8-15(17)23)16(20-10-19)13-9-25-18(21-13)11-5-3-2-4-6-11/h2-9,22-23H,1H3. The zero-order valence-corrected chi connectivity index (χ0v) is 14.0. The highest BCUT2D eigenvalue weighted by Crippen LogP contribution is 2.37. The van der Waals surface area contributed by atoms with Crippen molar-refractivity contribution in [1.82, 2.24) is 4.98 Å². The molecule has 0 spiro atoms. The Kier molecular flexibility index (Phi) is 4.64. The summed E-state index contributed by atoms with van der Waals surface area (Å²) in [7, 11) is 1.34. The van der Waals surface area contributed by atoms with Gasteiger partial charge in [-0.1, -0.05) is 30.3 Å². The lowest BCUT2D eigenvalue weighted by Gasteiger charge is -2.09. The molecule has 0 saturated heterocycles. The van der Waals surface area contributed by atoms with Crippen LogP contribution in [0.1, 0.15) is 11.3 Å². The number of nitrogens with zero attached hydrogens (tertiary/aromatic N) is 3. The third-order valence-corrected chi connectivity index (χ3v) is 4.35. The van der Waals surface area contributed by atoms with E-state index in [1.54, 1.807) is 11.6 Å². The number of hydrogen-bond donors (Lipinski definition) is 2. The summed E-state index contributed by atoms with van der Waals surface area (Å²) in [6.45, 7) is 0. The summed E-state index contributed by atoms with van der Waals surface area (Å²) in [5.74, 6) is -0.536. The minimum absolute atomic E-state index is 0.0386. The van der Waals surface area contributed by atoms with Crippen LogP contribution in [0, 0.1) is 11.5 Å². The van der Waals surface area contributed by atoms with E-state index in [-0.39, 0.29) is 23.0 Å². The molecule has 1 aromatic heterocycles. The second-order valence-corrected chi connectivity index (χ2v) is 5.87. The Morgan fingerprint density at radius 3 is 2.48 bits per heavy atom. The van der Waals surface area contributed by atoms with Gasteiger partial charge in [0.05, 0.1) is 7.11 Å². The Bertz CT molecular complexity index is 952. The topological polar surface area (TPSA) is 98.7 Å². The number of benzene rings is 2. The summed E-state index contributed by atoms with van der Waals surface area (Å²) in [4.78, 5) is 8.33. The van der Waals surface area contributed by atoms with Crippen LogP contribution in [0.3, 0.4) is 0 Å². The Labute approximate surface area is 147 Å². The molecule has 0 radical (unpaired) electrons. The van der Waals surface area contributed by atoms with E-state index in [9.17, 15) is 10.2 Å². The lowest BCUT2D eigenvalue weighted by Crippen LogP contribution is -2.04. The zero-order chi connectivity index (χ0) is 17.8. The molecule has 124 valence electrons. The summed E-state index contributed by atoms with van der Waals surface area (Å²) in [6.07, 6.45) is 1.74. The smallest absolute Gasteiger partial charge is 0.206 e. The first-order valence-electron chi connectivity index (χ1n) is 7.22. The summed E-state index contributed by atoms with van der Waals surface area (Å²) in [5.41, 5.74) is 2.06. The van der Waals surface area contributed by atoms with Crippen molar-refractivity contribution in [2.75, 3.05) is 7.11 Å². The van der Waals surface area contributed by atoms with Crippen molar-refractivity contribution in [3.8, 4) is 34.0 Å². The second kappa shape index (κ2) is 7.03. The van der Waals surface area contributed by atoms with Gasteiger partial charge < -0.3 is 14.9 Å². The number of rotatable bonds is 4. The van der Waals surface area contributed by atoms with Gasteiger partial charge >= 0.3 is 0 Å². The Hall–Kier alpha value is -3.37. The first kappa shape index (κ1) is 16.5. The minimum atomic E-state index is -0.248. The normalized spacial score (nSPS) is 11.1. The lowest BCUT2D eigenvalue weighted by atomic mass is 10.1. The molecule has 0 atom stereocenters. The van der Waals surface area contributed by atoms with E-state index in [1.807, 2.05) is 30.3 Å². The van der Waals surface area contributed by atoms with E-state index < -0.39 is 0 Å². The summed E-state index contributed by atoms with van der Waals surface area (Å²) >= 11 is 1.42. The highest BCUT2D eigenvalue weighted by atomic mass is 32.1. The van der Waals surface area contributed by atoms with E-state index in [0.29, 0.717) is 11.3 Å². The van der Waals surface area contributed by atoms with E-state index >= 15 is 0 Å². The number of phenols is 2. The van der Waals surface area contributed by atoms with Crippen LogP contribution in [0.5, 0.6) is 17.2 Å². The molecule has 3 aromatic rings. The molecule has 2 aromatic carbocycles. The number of methoxy groups -OCH3 is 1. The predicted molar refractivity (Wildman–Crippen MR) is 95.1 cm³/mol. The monoisotopic (exact) mass is 351 g/mol. The molecule has 0 amide bonds. The molecule has 0 saturated carbocycles. The number of thiazole rings is 1. The number of aliphatic imine (C=N–C) groups is 1. The molecule has 0 aliphatic rings. The van der Waals surface area contributed by atoms with Crippen LogP contribution in [-0.4, -0.2) is 28.0 Å². The Morgan fingerprint density at radius 2 is 1.88 bits per heavy atom. The van der Waals surface area contributed by atoms with Crippen molar-refractivity contribution in [2.45, 2.75) is 0 Å². The van der Waals surface area contributed by atoms with Gasteiger partial charge in [-0.25, -0.2) is 4.98 Å². The highest BCUT2D eigenvalue weighted by molar-refractivity contribution is 7.13. The van der Waals surface area contributed by atoms with Crippen LogP contribution in [-0.2, 0) is 0 Å². The van der Waals surface area contributed by atoms with Crippen molar-refractivity contribution in [1.29, 1.82) is 5.26 Å². The van der Waals surface area contributed by atoms with Gasteiger partial charge in [0, 0.05) is 16.5 Å². The molecule has 0 bridgehead atoms. The molecule has 2 N–H and O–H groups in total. The molecule has 25 heavy (non-hydrogen) atoms. The molecule has 7 heteroatoms. The van der Waals surface area contributed by atoms with Gasteiger partial charge in [-0.15, -0.1) is 11.3 Å². The SMILES string of the molecule is COc1c(O)cc(C(=NC#N)c2csc(-c3ccccc3)n2)cc1O. The van der Waals surface area contributed by atoms with E-state index in [1.165, 1.54) is 30.6 Å². The second-order valence-electron chi connectivity index (χ2n) is 5.01. The van der Waals surface area contributed by atoms with Crippen LogP contribution in [0.25, 0.3) is 10.6 Å². The van der Waals surface area contributed by atoms with Gasteiger partial charge in [0.25, 0.3) is 0 Å². The quantitative estimate of drug-likeness (QED) is 0.553. The summed E-state index contributed by atoms with van der Waals surface area (Å²) in [5, 5.41) is 31.5. The van der Waals surface area contributed by atoms with Gasteiger partial charge in [-0.3, -0.25) is 0 Å². The zero-order valence-electron chi connectivity index (χ0n) is 13.2. The highest BCUT2D eigenvalue weighted by Gasteiger charge is 2.17. The Balaban J connectivity index is 2.06. The maximum atomic E-state index is 9.98. The average Bonchev–Trinajstić information content (AvgIpc) is 3.10. The maximum absolute atomic E-state index is 9.98. The molecular weight excluding hydrogens is 338 g/mol. The van der Waals surface area contributed by atoms with Crippen LogP contribution in [0.15, 0.2) is 52.8 Å². The molecule has 1 heterocycles. The fourth-order valence-electron chi connectivity index (χ4n) is 2.36. The fourth-order valence-corrected chi connectivity index (χ4v) is 3.17. The summed E-state index contributed by atoms with van der Waals surface area (Å²) < 4.78 is 4.92. The van der Waals surface area contributed by atoms with Crippen molar-refractivity contribution in [3.05, 3.63) is 59.1 Å². The molecule has 0 unspecified atom stereocenters. The van der Waals surface area contributed by atoms with Crippen molar-refractivity contribution >= 4 is 17.0 Å². The molecular formula is C18H13N3O3S. The molecule has 0 fully saturated rings. The third kappa shape index (κ3) is 3.29. The lowest BCUT2D eigenvalue weighted by molar-refractivity contribution is 0.344. The molecule has 3 rings (SSSR count). The molecule has 0 aliphatic carbocycles. The molecule has 0 aliphatic heterocycles. The largest absolute Gasteiger partial charge is 0.504 e. The van der Waals surface area contributed by atoms with E-state index in [4.69, 9.17) is 10.00 Å². The third-order valence-electron chi connectivity index (χ3n) is 3.46. The number of aromatic hydroxyl groups is 2. The van der Waals surface area contributed by atoms with Gasteiger partial charge in [0.1, 0.15) is 16.4 Å². The Morgan fingerprint density at radius 1 is 1.20 bits per heavy atom. The van der Waals surface area contributed by atoms with Crippen molar-refractivity contribution < 1.29 is 14.9 Å². The van der Waals surface area contributed by atoms with Crippen LogP contribution < -0.4 is 4.74 Å². The van der Waals surface area contributed by atoms with Gasteiger partial charge in [-0.2, -0.15) is 10.3 Å². The fraction of sp³-hybridized carbons (Fsp3) is 0.0556. The van der Waals surface area contributed by atoms with Gasteiger partial charge in [0.2, 0.25) is 11.9 Å². The number of phenolic OH excluding ortho intramolecular Hbond substituents is 2. The van der Waals surface area contributed by atoms with Crippen LogP contribution >= 0.6 is 11.3 Å². The van der Waals surface area contributed by atoms with Crippen molar-refractivity contribution in [3.63, 3.8) is 0 Å². The first-order valence-corrected chi connectivity index (χ1v) is 8.10. The maximum Gasteiger partial charge on any atom is 0.206 e. The average molecular weight is 351 g/mol. The number of hydrogen-bond acceptors (Lipinski definition) is 7. The minimum Gasteiger partial charge on any atom is -0.504 e. The predicted octanol–water partition coefficient (Wildman–Crippen LogP) is 3.55. The van der Waals surface area contributed by atoms with E-state index in [0.717, 1.165) is 10.6 Å². The number of aromatic nitrogens is 1. The first-order chi connectivity index (χ1) is 12.1.